The predicted octanol–water partition coefficient (Wildman–Crippen LogP) is 2.87. The van der Waals surface area contributed by atoms with E-state index in [-0.39, 0.29) is 18.1 Å². The summed E-state index contributed by atoms with van der Waals surface area (Å²) in [6.45, 7) is 9.60. The number of para-hydroxylation sites is 1. The zero-order valence-corrected chi connectivity index (χ0v) is 17.3. The number of methoxy groups -OCH3 is 1. The van der Waals surface area contributed by atoms with Gasteiger partial charge < -0.3 is 14.4 Å². The van der Waals surface area contributed by atoms with Gasteiger partial charge in [-0.25, -0.2) is 0 Å². The van der Waals surface area contributed by atoms with Gasteiger partial charge in [0.15, 0.2) is 11.0 Å². The molecule has 3 rings (SSSR count). The first-order valence-electron chi connectivity index (χ1n) is 9.27. The van der Waals surface area contributed by atoms with Crippen LogP contribution in [0.1, 0.15) is 13.8 Å². The molecule has 28 heavy (non-hydrogen) atoms. The number of benzene rings is 1. The van der Waals surface area contributed by atoms with Gasteiger partial charge in [-0.2, -0.15) is 0 Å². The van der Waals surface area contributed by atoms with E-state index in [4.69, 9.17) is 9.47 Å². The van der Waals surface area contributed by atoms with Crippen molar-refractivity contribution in [2.75, 3.05) is 26.0 Å². The Kier molecular flexibility index (Phi) is 6.74. The van der Waals surface area contributed by atoms with Gasteiger partial charge in [0.1, 0.15) is 5.75 Å². The molecular formula is C20H26N4O3S. The van der Waals surface area contributed by atoms with Crippen molar-refractivity contribution in [1.82, 2.24) is 19.7 Å². The number of thioether (sulfide) groups is 1. The Bertz CT molecular complexity index is 829. The van der Waals surface area contributed by atoms with E-state index in [1.165, 1.54) is 11.8 Å². The van der Waals surface area contributed by atoms with Crippen molar-refractivity contribution in [3.8, 4) is 17.1 Å². The van der Waals surface area contributed by atoms with Crippen molar-refractivity contribution in [2.24, 2.45) is 0 Å². The molecule has 1 aliphatic heterocycles. The predicted molar refractivity (Wildman–Crippen MR) is 110 cm³/mol. The van der Waals surface area contributed by atoms with Crippen molar-refractivity contribution in [1.29, 1.82) is 0 Å². The highest BCUT2D eigenvalue weighted by atomic mass is 32.2. The Morgan fingerprint density at radius 1 is 1.32 bits per heavy atom. The number of hydrogen-bond acceptors (Lipinski definition) is 6. The van der Waals surface area contributed by atoms with Crippen LogP contribution in [0.2, 0.25) is 0 Å². The Balaban J connectivity index is 1.76. The summed E-state index contributed by atoms with van der Waals surface area (Å²) in [5, 5.41) is 9.34. The molecule has 0 spiro atoms. The molecule has 2 heterocycles. The SMILES string of the molecule is C=CCn1c(SCC(=O)N2C[C@@H](C)O[C@H](C)C2)nnc1-c1ccccc1OC. The van der Waals surface area contributed by atoms with Crippen LogP contribution in [-0.4, -0.2) is 63.7 Å². The average molecular weight is 403 g/mol. The molecule has 0 unspecified atom stereocenters. The van der Waals surface area contributed by atoms with Gasteiger partial charge in [0, 0.05) is 19.6 Å². The summed E-state index contributed by atoms with van der Waals surface area (Å²) < 4.78 is 13.1. The number of carbonyl (C=O) groups is 1. The zero-order valence-electron chi connectivity index (χ0n) is 16.5. The molecule has 8 heteroatoms. The van der Waals surface area contributed by atoms with Crippen LogP contribution in [0.15, 0.2) is 42.1 Å². The minimum atomic E-state index is 0.0549. The van der Waals surface area contributed by atoms with E-state index in [1.807, 2.05) is 47.6 Å². The molecule has 1 amide bonds. The first kappa shape index (κ1) is 20.4. The summed E-state index contributed by atoms with van der Waals surface area (Å²) >= 11 is 1.39. The van der Waals surface area contributed by atoms with Crippen LogP contribution in [0.25, 0.3) is 11.4 Å². The Hall–Kier alpha value is -2.32. The first-order chi connectivity index (χ1) is 13.5. The molecule has 1 saturated heterocycles. The van der Waals surface area contributed by atoms with Crippen molar-refractivity contribution < 1.29 is 14.3 Å². The van der Waals surface area contributed by atoms with Gasteiger partial charge >= 0.3 is 0 Å². The van der Waals surface area contributed by atoms with Crippen molar-refractivity contribution in [3.05, 3.63) is 36.9 Å². The molecule has 0 bridgehead atoms. The fraction of sp³-hybridized carbons (Fsp3) is 0.450. The number of hydrogen-bond donors (Lipinski definition) is 0. The van der Waals surface area contributed by atoms with Crippen molar-refractivity contribution in [2.45, 2.75) is 37.8 Å². The second kappa shape index (κ2) is 9.25. The van der Waals surface area contributed by atoms with Crippen LogP contribution in [0.5, 0.6) is 5.75 Å². The van der Waals surface area contributed by atoms with Gasteiger partial charge in [0.25, 0.3) is 0 Å². The van der Waals surface area contributed by atoms with Crippen LogP contribution in [0.3, 0.4) is 0 Å². The summed E-state index contributed by atoms with van der Waals surface area (Å²) in [6.07, 6.45) is 1.90. The van der Waals surface area contributed by atoms with Gasteiger partial charge in [0.05, 0.1) is 30.6 Å². The molecule has 0 aliphatic carbocycles. The third-order valence-electron chi connectivity index (χ3n) is 4.47. The van der Waals surface area contributed by atoms with Crippen molar-refractivity contribution >= 4 is 17.7 Å². The van der Waals surface area contributed by atoms with Gasteiger partial charge in [-0.1, -0.05) is 30.0 Å². The summed E-state index contributed by atoms with van der Waals surface area (Å²) in [4.78, 5) is 14.5. The van der Waals surface area contributed by atoms with E-state index in [9.17, 15) is 4.79 Å². The molecule has 1 fully saturated rings. The molecule has 2 aromatic rings. The maximum absolute atomic E-state index is 12.7. The summed E-state index contributed by atoms with van der Waals surface area (Å²) in [5.74, 6) is 1.81. The third-order valence-corrected chi connectivity index (χ3v) is 5.42. The Morgan fingerprint density at radius 2 is 2.04 bits per heavy atom. The van der Waals surface area contributed by atoms with Gasteiger partial charge in [-0.05, 0) is 26.0 Å². The monoisotopic (exact) mass is 402 g/mol. The number of aromatic nitrogens is 3. The average Bonchev–Trinajstić information content (AvgIpc) is 3.08. The molecule has 0 radical (unpaired) electrons. The molecule has 0 saturated carbocycles. The van der Waals surface area contributed by atoms with Gasteiger partial charge in [-0.3, -0.25) is 9.36 Å². The second-order valence-corrected chi connectivity index (χ2v) is 7.69. The summed E-state index contributed by atoms with van der Waals surface area (Å²) in [5.41, 5.74) is 0.855. The molecular weight excluding hydrogens is 376 g/mol. The van der Waals surface area contributed by atoms with E-state index >= 15 is 0 Å². The van der Waals surface area contributed by atoms with Gasteiger partial charge in [0.2, 0.25) is 5.91 Å². The molecule has 1 aromatic heterocycles. The molecule has 0 N–H and O–H groups in total. The smallest absolute Gasteiger partial charge is 0.233 e. The number of rotatable bonds is 7. The van der Waals surface area contributed by atoms with Crippen LogP contribution in [0.4, 0.5) is 0 Å². The standard InChI is InChI=1S/C20H26N4O3S/c1-5-10-24-19(16-8-6-7-9-17(16)26-4)21-22-20(24)28-13-18(25)23-11-14(2)27-15(3)12-23/h5-9,14-15H,1,10-13H2,2-4H3/t14-,15-/m1/s1. The number of nitrogens with zero attached hydrogens (tertiary/aromatic N) is 4. The highest BCUT2D eigenvalue weighted by Crippen LogP contribution is 2.31. The lowest BCUT2D eigenvalue weighted by atomic mass is 10.2. The molecule has 7 nitrogen and oxygen atoms in total. The lowest BCUT2D eigenvalue weighted by Gasteiger charge is -2.35. The van der Waals surface area contributed by atoms with Crippen LogP contribution in [0, 0.1) is 0 Å². The molecule has 1 aliphatic rings. The largest absolute Gasteiger partial charge is 0.496 e. The van der Waals surface area contributed by atoms with E-state index in [0.29, 0.717) is 36.4 Å². The number of allylic oxidation sites excluding steroid dienone is 1. The molecule has 1 aromatic carbocycles. The number of morpholine rings is 1. The summed E-state index contributed by atoms with van der Waals surface area (Å²) in [6, 6.07) is 7.68. The van der Waals surface area contributed by atoms with Crippen LogP contribution in [-0.2, 0) is 16.1 Å². The van der Waals surface area contributed by atoms with Crippen LogP contribution < -0.4 is 4.74 Å². The summed E-state index contributed by atoms with van der Waals surface area (Å²) in [7, 11) is 1.63. The minimum Gasteiger partial charge on any atom is -0.496 e. The fourth-order valence-electron chi connectivity index (χ4n) is 3.32. The molecule has 2 atom stereocenters. The topological polar surface area (TPSA) is 69.5 Å². The maximum atomic E-state index is 12.7. The van der Waals surface area contributed by atoms with E-state index < -0.39 is 0 Å². The quantitative estimate of drug-likeness (QED) is 0.524. The Morgan fingerprint density at radius 3 is 2.71 bits per heavy atom. The minimum absolute atomic E-state index is 0.0549. The first-order valence-corrected chi connectivity index (χ1v) is 10.3. The highest BCUT2D eigenvalue weighted by molar-refractivity contribution is 7.99. The third kappa shape index (κ3) is 4.56. The van der Waals surface area contributed by atoms with E-state index in [1.54, 1.807) is 13.2 Å². The lowest BCUT2D eigenvalue weighted by molar-refractivity contribution is -0.140. The second-order valence-electron chi connectivity index (χ2n) is 6.75. The number of amides is 1. The van der Waals surface area contributed by atoms with Crippen LogP contribution >= 0.6 is 11.8 Å². The normalized spacial score (nSPS) is 19.5. The van der Waals surface area contributed by atoms with Crippen molar-refractivity contribution in [3.63, 3.8) is 0 Å². The number of ether oxygens (including phenoxy) is 2. The molecule has 150 valence electrons. The maximum Gasteiger partial charge on any atom is 0.233 e. The Labute approximate surface area is 169 Å². The van der Waals surface area contributed by atoms with Gasteiger partial charge in [-0.15, -0.1) is 16.8 Å². The zero-order chi connectivity index (χ0) is 20.1. The lowest BCUT2D eigenvalue weighted by Crippen LogP contribution is -2.48. The van der Waals surface area contributed by atoms with E-state index in [2.05, 4.69) is 16.8 Å². The fourth-order valence-corrected chi connectivity index (χ4v) is 4.17. The van der Waals surface area contributed by atoms with E-state index in [0.717, 1.165) is 11.3 Å². The highest BCUT2D eigenvalue weighted by Gasteiger charge is 2.26. The number of carbonyl (C=O) groups excluding carboxylic acids is 1.